The van der Waals surface area contributed by atoms with Crippen LogP contribution < -0.4 is 0 Å². The van der Waals surface area contributed by atoms with Crippen LogP contribution in [-0.4, -0.2) is 58.8 Å². The van der Waals surface area contributed by atoms with E-state index in [1.165, 1.54) is 0 Å². The summed E-state index contributed by atoms with van der Waals surface area (Å²) in [5.41, 5.74) is 4.42. The van der Waals surface area contributed by atoms with Crippen LogP contribution in [-0.2, 0) is 27.9 Å². The summed E-state index contributed by atoms with van der Waals surface area (Å²) in [6.07, 6.45) is 1.12. The maximum absolute atomic E-state index is 13.4. The Morgan fingerprint density at radius 2 is 1.89 bits per heavy atom. The summed E-state index contributed by atoms with van der Waals surface area (Å²) in [6.45, 7) is 5.75. The molecule has 1 saturated heterocycles. The van der Waals surface area contributed by atoms with Gasteiger partial charge in [-0.05, 0) is 49.6 Å². The van der Waals surface area contributed by atoms with E-state index in [-0.39, 0.29) is 18.4 Å². The molecule has 184 valence electrons. The smallest absolute Gasteiger partial charge is 0.264 e. The van der Waals surface area contributed by atoms with Gasteiger partial charge in [-0.2, -0.15) is 8.42 Å². The molecule has 0 bridgehead atoms. The number of hydrogen-bond acceptors (Lipinski definition) is 5. The van der Waals surface area contributed by atoms with E-state index >= 15 is 0 Å². The lowest BCUT2D eigenvalue weighted by molar-refractivity contribution is 0.0440. The Hall–Kier alpha value is -3.17. The van der Waals surface area contributed by atoms with Gasteiger partial charge in [0.15, 0.2) is 5.82 Å². The molecule has 1 aliphatic rings. The second-order valence-corrected chi connectivity index (χ2v) is 11.1. The molecule has 1 amide bonds. The summed E-state index contributed by atoms with van der Waals surface area (Å²) >= 11 is 0. The monoisotopic (exact) mass is 494 g/mol. The fraction of sp³-hybridized carbons (Fsp3) is 0.385. The first-order valence-corrected chi connectivity index (χ1v) is 13.7. The van der Waals surface area contributed by atoms with E-state index in [9.17, 15) is 13.2 Å². The maximum atomic E-state index is 13.4. The molecule has 0 radical (unpaired) electrons. The number of amides is 1. The molecule has 2 aromatic heterocycles. The topological polar surface area (TPSA) is 86.4 Å². The van der Waals surface area contributed by atoms with Crippen LogP contribution in [0.5, 0.6) is 0 Å². The van der Waals surface area contributed by atoms with Crippen LogP contribution in [0.3, 0.4) is 0 Å². The second-order valence-electron chi connectivity index (χ2n) is 9.50. The highest BCUT2D eigenvalue weighted by molar-refractivity contribution is 7.86. The van der Waals surface area contributed by atoms with Gasteiger partial charge in [-0.15, -0.1) is 0 Å². The third-order valence-corrected chi connectivity index (χ3v) is 7.32. The van der Waals surface area contributed by atoms with Crippen molar-refractivity contribution in [1.82, 2.24) is 19.0 Å². The molecular weight excluding hydrogens is 464 g/mol. The van der Waals surface area contributed by atoms with Crippen LogP contribution in [0.1, 0.15) is 30.6 Å². The molecule has 2 atom stereocenters. The van der Waals surface area contributed by atoms with Crippen molar-refractivity contribution in [3.8, 4) is 11.5 Å². The van der Waals surface area contributed by atoms with Crippen LogP contribution in [0.15, 0.2) is 48.5 Å². The van der Waals surface area contributed by atoms with Crippen molar-refractivity contribution in [3.05, 3.63) is 54.1 Å². The lowest BCUT2D eigenvalue weighted by Crippen LogP contribution is -2.47. The average Bonchev–Trinajstić information content (AvgIpc) is 3.33. The van der Waals surface area contributed by atoms with E-state index in [4.69, 9.17) is 9.17 Å². The quantitative estimate of drug-likeness (QED) is 0.391. The lowest BCUT2D eigenvalue weighted by Gasteiger charge is -2.35. The van der Waals surface area contributed by atoms with Gasteiger partial charge in [0.05, 0.1) is 29.1 Å². The van der Waals surface area contributed by atoms with Crippen molar-refractivity contribution < 1.29 is 17.4 Å². The van der Waals surface area contributed by atoms with E-state index in [0.717, 1.165) is 46.3 Å². The molecule has 0 aliphatic carbocycles. The molecule has 8 nitrogen and oxygen atoms in total. The van der Waals surface area contributed by atoms with Crippen molar-refractivity contribution in [2.75, 3.05) is 19.3 Å². The van der Waals surface area contributed by atoms with Gasteiger partial charge in [0.1, 0.15) is 0 Å². The molecule has 0 saturated carbocycles. The van der Waals surface area contributed by atoms with Gasteiger partial charge in [-0.1, -0.05) is 25.1 Å². The molecule has 9 heteroatoms. The largest absolute Gasteiger partial charge is 0.338 e. The summed E-state index contributed by atoms with van der Waals surface area (Å²) in [7, 11) is -1.60. The Balaban J connectivity index is 1.49. The number of nitrogens with zero attached hydrogens (tertiary/aromatic N) is 4. The van der Waals surface area contributed by atoms with Crippen LogP contribution in [0.2, 0.25) is 0 Å². The minimum Gasteiger partial charge on any atom is -0.338 e. The highest BCUT2D eigenvalue weighted by Crippen LogP contribution is 2.30. The highest BCUT2D eigenvalue weighted by Gasteiger charge is 2.31. The van der Waals surface area contributed by atoms with Crippen molar-refractivity contribution >= 4 is 38.0 Å². The van der Waals surface area contributed by atoms with Gasteiger partial charge in [0.2, 0.25) is 0 Å². The number of likely N-dealkylation sites (tertiary alicyclic amines) is 1. The summed E-state index contributed by atoms with van der Waals surface area (Å²) in [6, 6.07) is 16.0. The molecule has 2 aromatic carbocycles. The van der Waals surface area contributed by atoms with Crippen LogP contribution in [0.25, 0.3) is 33.5 Å². The van der Waals surface area contributed by atoms with Gasteiger partial charge >= 0.3 is 0 Å². The molecule has 3 heterocycles. The number of imidazole rings is 1. The summed E-state index contributed by atoms with van der Waals surface area (Å²) < 4.78 is 32.7. The van der Waals surface area contributed by atoms with Gasteiger partial charge in [0.25, 0.3) is 16.0 Å². The first kappa shape index (κ1) is 23.6. The third-order valence-electron chi connectivity index (χ3n) is 6.70. The van der Waals surface area contributed by atoms with Crippen LogP contribution >= 0.6 is 0 Å². The number of aromatic nitrogens is 3. The highest BCUT2D eigenvalue weighted by atomic mass is 32.2. The summed E-state index contributed by atoms with van der Waals surface area (Å²) in [5.74, 6) is 0.840. The van der Waals surface area contributed by atoms with Gasteiger partial charge in [-0.25, -0.2) is 4.98 Å². The Morgan fingerprint density at radius 1 is 1.11 bits per heavy atom. The molecule has 0 spiro atoms. The van der Waals surface area contributed by atoms with Gasteiger partial charge in [0, 0.05) is 43.1 Å². The average molecular weight is 495 g/mol. The predicted molar refractivity (Wildman–Crippen MR) is 137 cm³/mol. The van der Waals surface area contributed by atoms with E-state index in [2.05, 4.69) is 34.3 Å². The molecule has 2 unspecified atom stereocenters. The molecule has 4 aromatic rings. The number of hydrogen-bond donors (Lipinski definition) is 0. The molecule has 1 fully saturated rings. The minimum absolute atomic E-state index is 0.139. The fourth-order valence-corrected chi connectivity index (χ4v) is 5.89. The second kappa shape index (κ2) is 8.80. The van der Waals surface area contributed by atoms with Crippen molar-refractivity contribution in [2.45, 2.75) is 32.9 Å². The van der Waals surface area contributed by atoms with Gasteiger partial charge in [-0.3, -0.25) is 8.98 Å². The number of aryl methyl sites for hydroxylation is 2. The fourth-order valence-electron chi connectivity index (χ4n) is 5.26. The number of para-hydroxylation sites is 1. The zero-order valence-corrected chi connectivity index (χ0v) is 21.2. The number of carbonyl (C=O) groups excluding carboxylic acids is 1. The number of carbonyl (C=O) groups is 1. The predicted octanol–water partition coefficient (Wildman–Crippen LogP) is 4.04. The van der Waals surface area contributed by atoms with Crippen molar-refractivity contribution in [3.63, 3.8) is 0 Å². The third kappa shape index (κ3) is 4.46. The molecule has 1 aliphatic heterocycles. The van der Waals surface area contributed by atoms with E-state index < -0.39 is 16.2 Å². The number of fused-ring (bicyclic) bond motifs is 2. The summed E-state index contributed by atoms with van der Waals surface area (Å²) in [4.78, 5) is 20.0. The van der Waals surface area contributed by atoms with Crippen molar-refractivity contribution in [2.24, 2.45) is 13.0 Å². The zero-order chi connectivity index (χ0) is 24.9. The standard InChI is InChI=1S/C26H30N4O4S/c1-5-30-22-9-7-6-8-18(22)14-24(30)25-27-21-13-19(10-11-23(21)28(25)3)26(31)29-15-17(2)12-20(16-29)34-35(4,32)33/h6-11,13-14,17,20H,5,12,15-16H2,1-4H3. The number of piperidine rings is 1. The van der Waals surface area contributed by atoms with E-state index in [0.29, 0.717) is 18.5 Å². The zero-order valence-electron chi connectivity index (χ0n) is 20.4. The first-order chi connectivity index (χ1) is 16.6. The van der Waals surface area contributed by atoms with E-state index in [1.807, 2.05) is 44.3 Å². The Morgan fingerprint density at radius 3 is 2.63 bits per heavy atom. The maximum Gasteiger partial charge on any atom is 0.264 e. The number of benzene rings is 2. The van der Waals surface area contributed by atoms with Crippen molar-refractivity contribution in [1.29, 1.82) is 0 Å². The minimum atomic E-state index is -3.59. The normalized spacial score (nSPS) is 19.0. The molecule has 35 heavy (non-hydrogen) atoms. The lowest BCUT2D eigenvalue weighted by atomic mass is 9.97. The number of rotatable bonds is 5. The van der Waals surface area contributed by atoms with Crippen LogP contribution in [0, 0.1) is 5.92 Å². The van der Waals surface area contributed by atoms with Gasteiger partial charge < -0.3 is 14.0 Å². The molecule has 0 N–H and O–H groups in total. The Kier molecular flexibility index (Phi) is 5.93. The molecular formula is C26H30N4O4S. The van der Waals surface area contributed by atoms with Crippen LogP contribution in [0.4, 0.5) is 0 Å². The summed E-state index contributed by atoms with van der Waals surface area (Å²) in [5, 5.41) is 1.16. The Labute approximate surface area is 205 Å². The SMILES string of the molecule is CCn1c(-c2nc3cc(C(=O)N4CC(C)CC(OS(C)(=O)=O)C4)ccc3n2C)cc2ccccc21. The molecule has 5 rings (SSSR count). The Bertz CT molecular complexity index is 1540. The first-order valence-electron chi connectivity index (χ1n) is 11.9. The van der Waals surface area contributed by atoms with E-state index in [1.54, 1.807) is 4.90 Å².